The maximum absolute atomic E-state index is 11.9. The summed E-state index contributed by atoms with van der Waals surface area (Å²) >= 11 is 0. The van der Waals surface area contributed by atoms with E-state index in [1.807, 2.05) is 6.07 Å². The Balaban J connectivity index is 1.82. The number of benzene rings is 1. The summed E-state index contributed by atoms with van der Waals surface area (Å²) < 4.78 is 0. The zero-order valence-corrected chi connectivity index (χ0v) is 12.0. The van der Waals surface area contributed by atoms with Crippen molar-refractivity contribution in [1.29, 1.82) is 0 Å². The molecule has 1 aromatic rings. The lowest BCUT2D eigenvalue weighted by Crippen LogP contribution is -2.32. The summed E-state index contributed by atoms with van der Waals surface area (Å²) in [4.78, 5) is 11.9. The monoisotopic (exact) mass is 272 g/mol. The van der Waals surface area contributed by atoms with Crippen molar-refractivity contribution in [2.24, 2.45) is 11.7 Å². The summed E-state index contributed by atoms with van der Waals surface area (Å²) in [5.41, 5.74) is 9.61. The van der Waals surface area contributed by atoms with Gasteiger partial charge in [-0.3, -0.25) is 4.79 Å². The van der Waals surface area contributed by atoms with Gasteiger partial charge in [-0.25, -0.2) is 0 Å². The summed E-state index contributed by atoms with van der Waals surface area (Å²) in [6.07, 6.45) is 8.66. The maximum Gasteiger partial charge on any atom is 0.251 e. The molecule has 1 heterocycles. The highest BCUT2D eigenvalue weighted by molar-refractivity contribution is 5.96. The fourth-order valence-electron chi connectivity index (χ4n) is 3.58. The Kier molecular flexibility index (Phi) is 4.06. The maximum atomic E-state index is 11.9. The third kappa shape index (κ3) is 2.73. The Hall–Kier alpha value is -1.35. The second-order valence-electron chi connectivity index (χ2n) is 6.20. The molecule has 0 saturated heterocycles. The van der Waals surface area contributed by atoms with Crippen molar-refractivity contribution in [2.45, 2.75) is 51.0 Å². The van der Waals surface area contributed by atoms with E-state index in [1.165, 1.54) is 38.5 Å². The van der Waals surface area contributed by atoms with Crippen LogP contribution in [0.1, 0.15) is 66.1 Å². The van der Waals surface area contributed by atoms with Gasteiger partial charge in [-0.2, -0.15) is 0 Å². The molecule has 1 aliphatic carbocycles. The molecule has 1 atom stereocenters. The number of carbonyl (C=O) groups excluding carboxylic acids is 1. The zero-order valence-electron chi connectivity index (χ0n) is 12.0. The molecule has 1 aromatic carbocycles. The highest BCUT2D eigenvalue weighted by atomic mass is 16.1. The predicted molar refractivity (Wildman–Crippen MR) is 80.6 cm³/mol. The van der Waals surface area contributed by atoms with Crippen molar-refractivity contribution in [3.63, 3.8) is 0 Å². The third-order valence-electron chi connectivity index (χ3n) is 4.85. The first kappa shape index (κ1) is 13.6. The highest BCUT2D eigenvalue weighted by Crippen LogP contribution is 2.33. The van der Waals surface area contributed by atoms with Crippen LogP contribution in [-0.2, 0) is 6.42 Å². The molecule has 0 radical (unpaired) electrons. The van der Waals surface area contributed by atoms with Gasteiger partial charge < -0.3 is 11.1 Å². The van der Waals surface area contributed by atoms with Gasteiger partial charge in [-0.1, -0.05) is 37.8 Å². The standard InChI is InChI=1S/C17H24N2O/c18-16(13-5-3-1-2-4-6-13)14-8-7-12-9-10-19-17(20)15(12)11-14/h7-8,11,13,16H,1-6,9-10,18H2,(H,19,20). The van der Waals surface area contributed by atoms with Gasteiger partial charge in [0.15, 0.2) is 0 Å². The van der Waals surface area contributed by atoms with Gasteiger partial charge in [0, 0.05) is 18.2 Å². The van der Waals surface area contributed by atoms with E-state index < -0.39 is 0 Å². The number of carbonyl (C=O) groups is 1. The number of hydrogen-bond acceptors (Lipinski definition) is 2. The van der Waals surface area contributed by atoms with Crippen LogP contribution in [-0.4, -0.2) is 12.5 Å². The fourth-order valence-corrected chi connectivity index (χ4v) is 3.58. The minimum atomic E-state index is 0.0566. The van der Waals surface area contributed by atoms with E-state index in [0.29, 0.717) is 5.92 Å². The molecule has 3 heteroatoms. The van der Waals surface area contributed by atoms with E-state index >= 15 is 0 Å². The van der Waals surface area contributed by atoms with Crippen molar-refractivity contribution in [3.05, 3.63) is 34.9 Å². The predicted octanol–water partition coefficient (Wildman–Crippen LogP) is 2.94. The summed E-state index contributed by atoms with van der Waals surface area (Å²) in [6, 6.07) is 6.33. The second kappa shape index (κ2) is 5.96. The van der Waals surface area contributed by atoms with Crippen LogP contribution < -0.4 is 11.1 Å². The number of nitrogens with two attached hydrogens (primary N) is 1. The Bertz CT molecular complexity index is 490. The topological polar surface area (TPSA) is 55.1 Å². The lowest BCUT2D eigenvalue weighted by Gasteiger charge is -2.25. The number of hydrogen-bond donors (Lipinski definition) is 2. The molecule has 0 spiro atoms. The van der Waals surface area contributed by atoms with Crippen LogP contribution in [0.2, 0.25) is 0 Å². The first-order valence-electron chi connectivity index (χ1n) is 7.92. The van der Waals surface area contributed by atoms with Crippen LogP contribution in [0.4, 0.5) is 0 Å². The average molecular weight is 272 g/mol. The molecule has 0 aromatic heterocycles. The average Bonchev–Trinajstić information content (AvgIpc) is 2.76. The number of fused-ring (bicyclic) bond motifs is 1. The van der Waals surface area contributed by atoms with Crippen LogP contribution >= 0.6 is 0 Å². The van der Waals surface area contributed by atoms with E-state index in [2.05, 4.69) is 17.4 Å². The van der Waals surface area contributed by atoms with E-state index in [1.54, 1.807) is 0 Å². The summed E-state index contributed by atoms with van der Waals surface area (Å²) in [6.45, 7) is 0.750. The van der Waals surface area contributed by atoms with Crippen LogP contribution in [0.25, 0.3) is 0 Å². The Morgan fingerprint density at radius 3 is 2.65 bits per heavy atom. The Morgan fingerprint density at radius 2 is 1.90 bits per heavy atom. The molecule has 1 unspecified atom stereocenters. The van der Waals surface area contributed by atoms with Gasteiger partial charge in [-0.15, -0.1) is 0 Å². The summed E-state index contributed by atoms with van der Waals surface area (Å²) in [5, 5.41) is 2.91. The number of nitrogens with one attached hydrogen (secondary N) is 1. The molecule has 20 heavy (non-hydrogen) atoms. The van der Waals surface area contributed by atoms with Crippen LogP contribution in [0.5, 0.6) is 0 Å². The zero-order chi connectivity index (χ0) is 13.9. The molecule has 1 aliphatic heterocycles. The fraction of sp³-hybridized carbons (Fsp3) is 0.588. The van der Waals surface area contributed by atoms with Crippen LogP contribution in [0.15, 0.2) is 18.2 Å². The van der Waals surface area contributed by atoms with Crippen LogP contribution in [0, 0.1) is 5.92 Å². The molecular formula is C17H24N2O. The van der Waals surface area contributed by atoms with E-state index in [9.17, 15) is 4.79 Å². The quantitative estimate of drug-likeness (QED) is 0.813. The first-order chi connectivity index (χ1) is 9.75. The van der Waals surface area contributed by atoms with Gasteiger partial charge in [0.05, 0.1) is 0 Å². The third-order valence-corrected chi connectivity index (χ3v) is 4.85. The molecule has 3 nitrogen and oxygen atoms in total. The van der Waals surface area contributed by atoms with E-state index in [-0.39, 0.29) is 11.9 Å². The minimum Gasteiger partial charge on any atom is -0.352 e. The van der Waals surface area contributed by atoms with Gasteiger partial charge in [0.2, 0.25) is 0 Å². The lowest BCUT2D eigenvalue weighted by atomic mass is 9.86. The van der Waals surface area contributed by atoms with Gasteiger partial charge in [0.25, 0.3) is 5.91 Å². The van der Waals surface area contributed by atoms with E-state index in [4.69, 9.17) is 5.73 Å². The van der Waals surface area contributed by atoms with Crippen molar-refractivity contribution in [2.75, 3.05) is 6.54 Å². The highest BCUT2D eigenvalue weighted by Gasteiger charge is 2.23. The molecule has 3 N–H and O–H groups in total. The summed E-state index contributed by atoms with van der Waals surface area (Å²) in [5.74, 6) is 0.628. The van der Waals surface area contributed by atoms with E-state index in [0.717, 1.165) is 29.7 Å². The smallest absolute Gasteiger partial charge is 0.251 e. The van der Waals surface area contributed by atoms with Crippen molar-refractivity contribution in [3.8, 4) is 0 Å². The molecule has 0 bridgehead atoms. The van der Waals surface area contributed by atoms with Gasteiger partial charge in [0.1, 0.15) is 0 Å². The second-order valence-corrected chi connectivity index (χ2v) is 6.20. The minimum absolute atomic E-state index is 0.0566. The largest absolute Gasteiger partial charge is 0.352 e. The van der Waals surface area contributed by atoms with Crippen molar-refractivity contribution in [1.82, 2.24) is 5.32 Å². The normalized spacial score (nSPS) is 21.8. The molecule has 1 saturated carbocycles. The molecule has 1 fully saturated rings. The van der Waals surface area contributed by atoms with Crippen molar-refractivity contribution < 1.29 is 4.79 Å². The summed E-state index contributed by atoms with van der Waals surface area (Å²) in [7, 11) is 0. The Labute approximate surface area is 120 Å². The molecule has 108 valence electrons. The van der Waals surface area contributed by atoms with Gasteiger partial charge in [-0.05, 0) is 42.4 Å². The lowest BCUT2D eigenvalue weighted by molar-refractivity contribution is 0.0946. The first-order valence-corrected chi connectivity index (χ1v) is 7.92. The molecule has 2 aliphatic rings. The molecule has 3 rings (SSSR count). The van der Waals surface area contributed by atoms with Crippen molar-refractivity contribution >= 4 is 5.91 Å². The van der Waals surface area contributed by atoms with Gasteiger partial charge >= 0.3 is 0 Å². The SMILES string of the molecule is NC(c1ccc2c(c1)C(=O)NCC2)C1CCCCCC1. The molecule has 1 amide bonds. The number of amides is 1. The molecular weight excluding hydrogens is 248 g/mol. The Morgan fingerprint density at radius 1 is 1.15 bits per heavy atom. The van der Waals surface area contributed by atoms with Crippen LogP contribution in [0.3, 0.4) is 0 Å². The number of rotatable bonds is 2.